The molecule has 3 rings (SSSR count). The number of benzene rings is 1. The fourth-order valence-electron chi connectivity index (χ4n) is 3.30. The molecule has 1 fully saturated rings. The summed E-state index contributed by atoms with van der Waals surface area (Å²) in [6.45, 7) is 7.49. The monoisotopic (exact) mass is 275 g/mol. The van der Waals surface area contributed by atoms with E-state index in [1.54, 1.807) is 6.07 Å². The Hall–Kier alpha value is -1.42. The molecule has 2 aromatic rings. The maximum Gasteiger partial charge on any atom is 0.151 e. The Balaban J connectivity index is 2.14. The Kier molecular flexibility index (Phi) is 3.50. The van der Waals surface area contributed by atoms with Gasteiger partial charge in [-0.1, -0.05) is 6.07 Å². The van der Waals surface area contributed by atoms with Crippen LogP contribution < -0.4 is 5.32 Å². The van der Waals surface area contributed by atoms with E-state index in [2.05, 4.69) is 35.6 Å². The first kappa shape index (κ1) is 13.6. The van der Waals surface area contributed by atoms with Gasteiger partial charge in [-0.2, -0.15) is 0 Å². The van der Waals surface area contributed by atoms with Crippen LogP contribution in [0.25, 0.3) is 11.0 Å². The van der Waals surface area contributed by atoms with Crippen molar-refractivity contribution in [3.8, 4) is 0 Å². The van der Waals surface area contributed by atoms with Crippen molar-refractivity contribution >= 4 is 11.0 Å². The molecule has 1 N–H and O–H groups in total. The maximum atomic E-state index is 14.0. The molecule has 1 aromatic heterocycles. The van der Waals surface area contributed by atoms with Gasteiger partial charge in [0.05, 0.1) is 5.52 Å². The molecule has 1 aliphatic rings. The zero-order valence-electron chi connectivity index (χ0n) is 12.4. The minimum atomic E-state index is -0.217. The van der Waals surface area contributed by atoms with E-state index in [-0.39, 0.29) is 5.82 Å². The standard InChI is InChI=1S/C16H22FN3/c1-10(2)20-14-6-4-5-13(17)15(14)19-16(20)12-7-8-18-11(3)9-12/h4-6,10-12,18H,7-9H2,1-3H3. The molecule has 2 atom stereocenters. The van der Waals surface area contributed by atoms with Crippen molar-refractivity contribution < 1.29 is 4.39 Å². The van der Waals surface area contributed by atoms with Gasteiger partial charge in [-0.3, -0.25) is 0 Å². The first-order valence-electron chi connectivity index (χ1n) is 7.47. The van der Waals surface area contributed by atoms with Crippen LogP contribution in [-0.2, 0) is 0 Å². The largest absolute Gasteiger partial charge is 0.325 e. The highest BCUT2D eigenvalue weighted by Crippen LogP contribution is 2.32. The molecule has 2 unspecified atom stereocenters. The smallest absolute Gasteiger partial charge is 0.151 e. The number of fused-ring (bicyclic) bond motifs is 1. The minimum absolute atomic E-state index is 0.217. The van der Waals surface area contributed by atoms with E-state index in [0.717, 1.165) is 30.7 Å². The second kappa shape index (κ2) is 5.17. The number of piperidine rings is 1. The van der Waals surface area contributed by atoms with Crippen LogP contribution in [0.3, 0.4) is 0 Å². The van der Waals surface area contributed by atoms with E-state index in [9.17, 15) is 4.39 Å². The molecule has 4 heteroatoms. The van der Waals surface area contributed by atoms with Gasteiger partial charge in [0.25, 0.3) is 0 Å². The lowest BCUT2D eigenvalue weighted by Gasteiger charge is -2.28. The summed E-state index contributed by atoms with van der Waals surface area (Å²) in [5.74, 6) is 1.25. The fraction of sp³-hybridized carbons (Fsp3) is 0.562. The van der Waals surface area contributed by atoms with Gasteiger partial charge in [0.2, 0.25) is 0 Å². The first-order valence-corrected chi connectivity index (χ1v) is 7.47. The van der Waals surface area contributed by atoms with Gasteiger partial charge in [0, 0.05) is 18.0 Å². The predicted octanol–water partition coefficient (Wildman–Crippen LogP) is 3.61. The third kappa shape index (κ3) is 2.22. The molecule has 108 valence electrons. The van der Waals surface area contributed by atoms with Gasteiger partial charge >= 0.3 is 0 Å². The number of aromatic nitrogens is 2. The van der Waals surface area contributed by atoms with Crippen molar-refractivity contribution in [1.29, 1.82) is 0 Å². The fourth-order valence-corrected chi connectivity index (χ4v) is 3.30. The van der Waals surface area contributed by atoms with Crippen LogP contribution in [-0.4, -0.2) is 22.1 Å². The average molecular weight is 275 g/mol. The molecule has 2 heterocycles. The summed E-state index contributed by atoms with van der Waals surface area (Å²) < 4.78 is 16.2. The molecule has 0 radical (unpaired) electrons. The Morgan fingerprint density at radius 1 is 1.40 bits per heavy atom. The zero-order valence-corrected chi connectivity index (χ0v) is 12.4. The van der Waals surface area contributed by atoms with Crippen molar-refractivity contribution in [3.63, 3.8) is 0 Å². The highest BCUT2D eigenvalue weighted by molar-refractivity contribution is 5.77. The summed E-state index contributed by atoms with van der Waals surface area (Å²) in [7, 11) is 0. The van der Waals surface area contributed by atoms with E-state index in [1.165, 1.54) is 6.07 Å². The number of nitrogens with zero attached hydrogens (tertiary/aromatic N) is 2. The maximum absolute atomic E-state index is 14.0. The van der Waals surface area contributed by atoms with Crippen LogP contribution >= 0.6 is 0 Å². The van der Waals surface area contributed by atoms with Crippen molar-refractivity contribution in [1.82, 2.24) is 14.9 Å². The Labute approximate surface area is 119 Å². The van der Waals surface area contributed by atoms with Crippen molar-refractivity contribution in [2.24, 2.45) is 0 Å². The third-order valence-corrected chi connectivity index (χ3v) is 4.20. The number of rotatable bonds is 2. The van der Waals surface area contributed by atoms with Crippen LogP contribution in [0.1, 0.15) is 51.4 Å². The molecule has 0 amide bonds. The number of hydrogen-bond donors (Lipinski definition) is 1. The van der Waals surface area contributed by atoms with Gasteiger partial charge in [-0.25, -0.2) is 9.37 Å². The molecule has 0 spiro atoms. The lowest BCUT2D eigenvalue weighted by molar-refractivity contribution is 0.360. The third-order valence-electron chi connectivity index (χ3n) is 4.20. The Bertz CT molecular complexity index is 617. The molecule has 1 saturated heterocycles. The summed E-state index contributed by atoms with van der Waals surface area (Å²) in [4.78, 5) is 4.65. The van der Waals surface area contributed by atoms with E-state index in [0.29, 0.717) is 23.5 Å². The van der Waals surface area contributed by atoms with Crippen molar-refractivity contribution in [2.75, 3.05) is 6.54 Å². The van der Waals surface area contributed by atoms with Gasteiger partial charge in [-0.15, -0.1) is 0 Å². The van der Waals surface area contributed by atoms with Gasteiger partial charge in [0.15, 0.2) is 5.82 Å². The number of halogens is 1. The Morgan fingerprint density at radius 2 is 2.20 bits per heavy atom. The quantitative estimate of drug-likeness (QED) is 0.907. The molecule has 20 heavy (non-hydrogen) atoms. The highest BCUT2D eigenvalue weighted by Gasteiger charge is 2.26. The summed E-state index contributed by atoms with van der Waals surface area (Å²) in [5, 5.41) is 3.46. The molecule has 1 aromatic carbocycles. The molecular weight excluding hydrogens is 253 g/mol. The number of imidazole rings is 1. The Morgan fingerprint density at radius 3 is 2.90 bits per heavy atom. The van der Waals surface area contributed by atoms with Crippen molar-refractivity contribution in [2.45, 2.75) is 51.6 Å². The van der Waals surface area contributed by atoms with Crippen LogP contribution in [0.5, 0.6) is 0 Å². The van der Waals surface area contributed by atoms with Gasteiger partial charge in [-0.05, 0) is 52.3 Å². The summed E-state index contributed by atoms with van der Waals surface area (Å²) in [6, 6.07) is 6.03. The molecule has 1 aliphatic heterocycles. The highest BCUT2D eigenvalue weighted by atomic mass is 19.1. The second-order valence-electron chi connectivity index (χ2n) is 6.12. The van der Waals surface area contributed by atoms with E-state index in [1.807, 2.05) is 6.07 Å². The zero-order chi connectivity index (χ0) is 14.3. The molecule has 0 bridgehead atoms. The summed E-state index contributed by atoms with van der Waals surface area (Å²) in [6.07, 6.45) is 2.14. The number of nitrogens with one attached hydrogen (secondary N) is 1. The van der Waals surface area contributed by atoms with Crippen LogP contribution in [0, 0.1) is 5.82 Å². The van der Waals surface area contributed by atoms with Gasteiger partial charge in [0.1, 0.15) is 11.3 Å². The second-order valence-corrected chi connectivity index (χ2v) is 6.12. The lowest BCUT2D eigenvalue weighted by Crippen LogP contribution is -2.35. The van der Waals surface area contributed by atoms with E-state index in [4.69, 9.17) is 0 Å². The number of para-hydroxylation sites is 1. The predicted molar refractivity (Wildman–Crippen MR) is 79.5 cm³/mol. The average Bonchev–Trinajstić information content (AvgIpc) is 2.79. The van der Waals surface area contributed by atoms with Crippen molar-refractivity contribution in [3.05, 3.63) is 29.8 Å². The topological polar surface area (TPSA) is 29.9 Å². The molecule has 3 nitrogen and oxygen atoms in total. The first-order chi connectivity index (χ1) is 9.58. The summed E-state index contributed by atoms with van der Waals surface area (Å²) >= 11 is 0. The molecule has 0 aliphatic carbocycles. The SMILES string of the molecule is CC1CC(c2nc3c(F)cccc3n2C(C)C)CCN1. The van der Waals surface area contributed by atoms with E-state index < -0.39 is 0 Å². The van der Waals surface area contributed by atoms with E-state index >= 15 is 0 Å². The lowest BCUT2D eigenvalue weighted by atomic mass is 9.92. The normalized spacial score (nSPS) is 23.6. The van der Waals surface area contributed by atoms with Crippen LogP contribution in [0.2, 0.25) is 0 Å². The molecule has 0 saturated carbocycles. The van der Waals surface area contributed by atoms with Crippen LogP contribution in [0.4, 0.5) is 4.39 Å². The van der Waals surface area contributed by atoms with Gasteiger partial charge < -0.3 is 9.88 Å². The van der Waals surface area contributed by atoms with Crippen LogP contribution in [0.15, 0.2) is 18.2 Å². The molecular formula is C16H22FN3. The number of hydrogen-bond acceptors (Lipinski definition) is 2. The summed E-state index contributed by atoms with van der Waals surface area (Å²) in [5.41, 5.74) is 1.43. The minimum Gasteiger partial charge on any atom is -0.325 e.